The Morgan fingerprint density at radius 3 is 2.81 bits per heavy atom. The van der Waals surface area contributed by atoms with E-state index in [2.05, 4.69) is 15.3 Å². The molecule has 0 spiro atoms. The SMILES string of the molecule is O=C(CSc1nnc(Cc2ccccc2)o1)N1N=C(c2cccs2)C[C@H]1c1ccco1. The van der Waals surface area contributed by atoms with Crippen LogP contribution in [0.1, 0.15) is 34.6 Å². The molecule has 31 heavy (non-hydrogen) atoms. The molecule has 0 saturated carbocycles. The van der Waals surface area contributed by atoms with Gasteiger partial charge in [0.25, 0.3) is 11.1 Å². The van der Waals surface area contributed by atoms with E-state index in [1.807, 2.05) is 60.0 Å². The fourth-order valence-electron chi connectivity index (χ4n) is 3.36. The summed E-state index contributed by atoms with van der Waals surface area (Å²) >= 11 is 2.82. The number of hydrogen-bond donors (Lipinski definition) is 0. The van der Waals surface area contributed by atoms with Crippen LogP contribution < -0.4 is 0 Å². The molecule has 0 bridgehead atoms. The maximum absolute atomic E-state index is 13.0. The number of thioether (sulfide) groups is 1. The Morgan fingerprint density at radius 1 is 1.13 bits per heavy atom. The van der Waals surface area contributed by atoms with Crippen molar-refractivity contribution < 1.29 is 13.6 Å². The first-order chi connectivity index (χ1) is 15.3. The van der Waals surface area contributed by atoms with Crippen molar-refractivity contribution in [3.05, 3.63) is 88.3 Å². The molecular weight excluding hydrogens is 432 g/mol. The van der Waals surface area contributed by atoms with Gasteiger partial charge in [0.05, 0.1) is 29.0 Å². The lowest BCUT2D eigenvalue weighted by Gasteiger charge is -2.19. The molecule has 3 aromatic heterocycles. The number of amides is 1. The van der Waals surface area contributed by atoms with E-state index in [0.717, 1.165) is 21.9 Å². The van der Waals surface area contributed by atoms with E-state index in [1.54, 1.807) is 17.6 Å². The maximum atomic E-state index is 13.0. The molecule has 5 rings (SSSR count). The van der Waals surface area contributed by atoms with Crippen LogP contribution in [0, 0.1) is 0 Å². The molecule has 1 aliphatic rings. The Bertz CT molecular complexity index is 1170. The highest BCUT2D eigenvalue weighted by molar-refractivity contribution is 7.99. The Morgan fingerprint density at radius 2 is 2.03 bits per heavy atom. The molecule has 156 valence electrons. The van der Waals surface area contributed by atoms with E-state index in [0.29, 0.717) is 24.0 Å². The lowest BCUT2D eigenvalue weighted by molar-refractivity contribution is -0.130. The first-order valence-corrected chi connectivity index (χ1v) is 11.6. The monoisotopic (exact) mass is 450 g/mol. The number of furan rings is 1. The highest BCUT2D eigenvalue weighted by atomic mass is 32.2. The molecule has 9 heteroatoms. The van der Waals surface area contributed by atoms with Crippen molar-refractivity contribution in [3.8, 4) is 0 Å². The normalized spacial score (nSPS) is 15.9. The average molecular weight is 451 g/mol. The van der Waals surface area contributed by atoms with Gasteiger partial charge < -0.3 is 8.83 Å². The van der Waals surface area contributed by atoms with E-state index in [1.165, 1.54) is 16.8 Å². The van der Waals surface area contributed by atoms with Crippen molar-refractivity contribution in [2.45, 2.75) is 24.1 Å². The Hall–Kier alpha value is -3.17. The van der Waals surface area contributed by atoms with E-state index < -0.39 is 0 Å². The van der Waals surface area contributed by atoms with Gasteiger partial charge >= 0.3 is 0 Å². The highest BCUT2D eigenvalue weighted by Crippen LogP contribution is 2.34. The lowest BCUT2D eigenvalue weighted by atomic mass is 10.1. The number of hydrazone groups is 1. The molecule has 0 radical (unpaired) electrons. The number of nitrogens with zero attached hydrogens (tertiary/aromatic N) is 4. The topological polar surface area (TPSA) is 84.7 Å². The van der Waals surface area contributed by atoms with Crippen LogP contribution in [0.4, 0.5) is 0 Å². The van der Waals surface area contributed by atoms with Gasteiger partial charge in [0, 0.05) is 6.42 Å². The molecule has 0 N–H and O–H groups in total. The summed E-state index contributed by atoms with van der Waals surface area (Å²) < 4.78 is 11.3. The third-order valence-corrected chi connectivity index (χ3v) is 6.53. The quantitative estimate of drug-likeness (QED) is 0.377. The summed E-state index contributed by atoms with van der Waals surface area (Å²) in [6.45, 7) is 0. The largest absolute Gasteiger partial charge is 0.467 e. The number of carbonyl (C=O) groups excluding carboxylic acids is 1. The number of thiophene rings is 1. The zero-order valence-electron chi connectivity index (χ0n) is 16.4. The molecule has 4 heterocycles. The second kappa shape index (κ2) is 8.91. The van der Waals surface area contributed by atoms with Crippen LogP contribution in [0.25, 0.3) is 0 Å². The fourth-order valence-corrected chi connectivity index (χ4v) is 4.72. The minimum absolute atomic E-state index is 0.138. The van der Waals surface area contributed by atoms with E-state index in [9.17, 15) is 4.79 Å². The Labute approximate surface area is 186 Å². The molecule has 0 aliphatic carbocycles. The Balaban J connectivity index is 1.26. The summed E-state index contributed by atoms with van der Waals surface area (Å²) in [7, 11) is 0. The van der Waals surface area contributed by atoms with Gasteiger partial charge in [-0.15, -0.1) is 21.5 Å². The summed E-state index contributed by atoms with van der Waals surface area (Å²) in [4.78, 5) is 14.1. The van der Waals surface area contributed by atoms with Crippen LogP contribution in [0.5, 0.6) is 0 Å². The smallest absolute Gasteiger partial charge is 0.277 e. The maximum Gasteiger partial charge on any atom is 0.277 e. The molecule has 0 saturated heterocycles. The third kappa shape index (κ3) is 4.47. The van der Waals surface area contributed by atoms with Crippen LogP contribution in [0.15, 0.2) is 85.4 Å². The highest BCUT2D eigenvalue weighted by Gasteiger charge is 2.35. The number of hydrogen-bond acceptors (Lipinski definition) is 8. The van der Waals surface area contributed by atoms with Gasteiger partial charge in [-0.2, -0.15) is 5.10 Å². The first kappa shape index (κ1) is 19.8. The zero-order chi connectivity index (χ0) is 21.0. The molecule has 4 aromatic rings. The van der Waals surface area contributed by atoms with Gasteiger partial charge in [-0.05, 0) is 29.1 Å². The zero-order valence-corrected chi connectivity index (χ0v) is 18.0. The van der Waals surface area contributed by atoms with Crippen molar-refractivity contribution in [2.75, 3.05) is 5.75 Å². The van der Waals surface area contributed by atoms with Crippen molar-refractivity contribution in [1.82, 2.24) is 15.2 Å². The van der Waals surface area contributed by atoms with Gasteiger partial charge in [-0.25, -0.2) is 5.01 Å². The molecule has 7 nitrogen and oxygen atoms in total. The van der Waals surface area contributed by atoms with Crippen LogP contribution in [0.2, 0.25) is 0 Å². The van der Waals surface area contributed by atoms with Gasteiger partial charge in [0.2, 0.25) is 5.89 Å². The minimum Gasteiger partial charge on any atom is -0.467 e. The summed E-state index contributed by atoms with van der Waals surface area (Å²) in [6.07, 6.45) is 2.79. The molecule has 1 amide bonds. The third-order valence-electron chi connectivity index (χ3n) is 4.81. The molecule has 1 atom stereocenters. The second-order valence-corrected chi connectivity index (χ2v) is 8.78. The molecular formula is C22H18N4O3S2. The number of benzene rings is 1. The van der Waals surface area contributed by atoms with Gasteiger partial charge in [0.1, 0.15) is 11.8 Å². The lowest BCUT2D eigenvalue weighted by Crippen LogP contribution is -2.28. The molecule has 0 fully saturated rings. The van der Waals surface area contributed by atoms with Crippen LogP contribution in [-0.2, 0) is 11.2 Å². The number of carbonyl (C=O) groups is 1. The van der Waals surface area contributed by atoms with E-state index in [-0.39, 0.29) is 17.7 Å². The Kier molecular flexibility index (Phi) is 5.68. The van der Waals surface area contributed by atoms with Crippen molar-refractivity contribution in [3.63, 3.8) is 0 Å². The standard InChI is InChI=1S/C22H18N4O3S2/c27-21(14-31-22-24-23-20(29-22)12-15-6-2-1-3-7-15)26-17(18-8-4-10-28-18)13-16(25-26)19-9-5-11-30-19/h1-11,17H,12-14H2/t17-/m0/s1. The summed E-state index contributed by atoms with van der Waals surface area (Å²) in [5, 5.41) is 16.6. The second-order valence-electron chi connectivity index (χ2n) is 6.91. The molecule has 0 unspecified atom stereocenters. The van der Waals surface area contributed by atoms with Crippen LogP contribution in [-0.4, -0.2) is 32.6 Å². The predicted octanol–water partition coefficient (Wildman–Crippen LogP) is 4.78. The first-order valence-electron chi connectivity index (χ1n) is 9.72. The fraction of sp³-hybridized carbons (Fsp3) is 0.182. The molecule has 1 aliphatic heterocycles. The summed E-state index contributed by atoms with van der Waals surface area (Å²) in [6, 6.07) is 17.3. The minimum atomic E-state index is -0.253. The number of aromatic nitrogens is 2. The van der Waals surface area contributed by atoms with E-state index >= 15 is 0 Å². The summed E-state index contributed by atoms with van der Waals surface area (Å²) in [5.41, 5.74) is 1.98. The van der Waals surface area contributed by atoms with Crippen molar-refractivity contribution in [2.24, 2.45) is 5.10 Å². The van der Waals surface area contributed by atoms with Crippen molar-refractivity contribution >= 4 is 34.7 Å². The summed E-state index contributed by atoms with van der Waals surface area (Å²) in [5.74, 6) is 1.25. The van der Waals surface area contributed by atoms with Crippen LogP contribution >= 0.6 is 23.1 Å². The van der Waals surface area contributed by atoms with Gasteiger partial charge in [-0.3, -0.25) is 4.79 Å². The number of rotatable bonds is 7. The predicted molar refractivity (Wildman–Crippen MR) is 118 cm³/mol. The van der Waals surface area contributed by atoms with Crippen LogP contribution in [0.3, 0.4) is 0 Å². The van der Waals surface area contributed by atoms with Gasteiger partial charge in [0.15, 0.2) is 0 Å². The van der Waals surface area contributed by atoms with E-state index in [4.69, 9.17) is 8.83 Å². The van der Waals surface area contributed by atoms with Gasteiger partial charge in [-0.1, -0.05) is 48.2 Å². The average Bonchev–Trinajstić information content (AvgIpc) is 3.59. The molecule has 1 aromatic carbocycles. The van der Waals surface area contributed by atoms with Crippen molar-refractivity contribution in [1.29, 1.82) is 0 Å².